The molecular formula is C9H12ClF2N3. The molecule has 0 aliphatic rings. The van der Waals surface area contributed by atoms with Crippen LogP contribution in [0.3, 0.4) is 0 Å². The summed E-state index contributed by atoms with van der Waals surface area (Å²) < 4.78 is 24.2. The normalized spacial score (nSPS) is 10.8. The maximum atomic E-state index is 12.1. The summed E-state index contributed by atoms with van der Waals surface area (Å²) in [4.78, 5) is 5.30. The number of nitrogens with two attached hydrogens (primary N) is 1. The highest BCUT2D eigenvalue weighted by Gasteiger charge is 2.12. The highest BCUT2D eigenvalue weighted by Crippen LogP contribution is 2.23. The summed E-state index contributed by atoms with van der Waals surface area (Å²) >= 11 is 5.88. The fourth-order valence-corrected chi connectivity index (χ4v) is 1.49. The van der Waals surface area contributed by atoms with Gasteiger partial charge in [0, 0.05) is 19.8 Å². The van der Waals surface area contributed by atoms with Gasteiger partial charge in [0.25, 0.3) is 6.43 Å². The fourth-order valence-electron chi connectivity index (χ4n) is 1.16. The Balaban J connectivity index is 2.85. The number of alkyl halides is 2. The van der Waals surface area contributed by atoms with Gasteiger partial charge < -0.3 is 10.6 Å². The average Bonchev–Trinajstić information content (AvgIpc) is 2.16. The fraction of sp³-hybridized carbons (Fsp3) is 0.444. The number of halogens is 3. The molecule has 0 fully saturated rings. The molecule has 0 amide bonds. The van der Waals surface area contributed by atoms with Gasteiger partial charge in [-0.1, -0.05) is 11.6 Å². The van der Waals surface area contributed by atoms with Crippen LogP contribution in [0.1, 0.15) is 5.56 Å². The van der Waals surface area contributed by atoms with Gasteiger partial charge in [0.15, 0.2) is 0 Å². The molecule has 0 bridgehead atoms. The van der Waals surface area contributed by atoms with Crippen molar-refractivity contribution in [1.29, 1.82) is 0 Å². The molecule has 2 N–H and O–H groups in total. The summed E-state index contributed by atoms with van der Waals surface area (Å²) in [6.07, 6.45) is -0.884. The number of anilines is 1. The van der Waals surface area contributed by atoms with Crippen molar-refractivity contribution in [1.82, 2.24) is 4.98 Å². The summed E-state index contributed by atoms with van der Waals surface area (Å²) in [6.45, 7) is -0.0692. The Bertz CT molecular complexity index is 333. The predicted octanol–water partition coefficient (Wildman–Crippen LogP) is 1.89. The third-order valence-corrected chi connectivity index (χ3v) is 2.17. The molecular weight excluding hydrogens is 224 g/mol. The predicted molar refractivity (Wildman–Crippen MR) is 56.4 cm³/mol. The number of hydrogen-bond acceptors (Lipinski definition) is 3. The Kier molecular flexibility index (Phi) is 4.23. The third-order valence-electron chi connectivity index (χ3n) is 1.89. The third kappa shape index (κ3) is 3.28. The average molecular weight is 236 g/mol. The first kappa shape index (κ1) is 12.1. The van der Waals surface area contributed by atoms with E-state index in [1.54, 1.807) is 6.07 Å². The summed E-state index contributed by atoms with van der Waals surface area (Å²) in [5.41, 5.74) is 6.17. The van der Waals surface area contributed by atoms with Crippen LogP contribution in [0.15, 0.2) is 12.3 Å². The van der Waals surface area contributed by atoms with Gasteiger partial charge in [0.2, 0.25) is 0 Å². The van der Waals surface area contributed by atoms with Crippen molar-refractivity contribution in [2.75, 3.05) is 18.5 Å². The first-order valence-corrected chi connectivity index (χ1v) is 4.76. The SMILES string of the molecule is CN(CC(F)F)c1ncc(CN)cc1Cl. The van der Waals surface area contributed by atoms with E-state index >= 15 is 0 Å². The smallest absolute Gasteiger partial charge is 0.255 e. The molecule has 1 rings (SSSR count). The summed E-state index contributed by atoms with van der Waals surface area (Å²) in [5.74, 6) is 0.342. The Hall–Kier alpha value is -0.940. The van der Waals surface area contributed by atoms with Crippen LogP contribution in [0, 0.1) is 0 Å². The number of rotatable bonds is 4. The van der Waals surface area contributed by atoms with Crippen molar-refractivity contribution in [3.63, 3.8) is 0 Å². The van der Waals surface area contributed by atoms with Crippen LogP contribution in [0.2, 0.25) is 5.02 Å². The van der Waals surface area contributed by atoms with E-state index in [4.69, 9.17) is 17.3 Å². The quantitative estimate of drug-likeness (QED) is 0.867. The Morgan fingerprint density at radius 3 is 2.73 bits per heavy atom. The molecule has 15 heavy (non-hydrogen) atoms. The van der Waals surface area contributed by atoms with Gasteiger partial charge in [0.1, 0.15) is 5.82 Å². The molecule has 0 unspecified atom stereocenters. The molecule has 84 valence electrons. The van der Waals surface area contributed by atoms with Gasteiger partial charge >= 0.3 is 0 Å². The van der Waals surface area contributed by atoms with Gasteiger partial charge in [-0.3, -0.25) is 0 Å². The van der Waals surface area contributed by atoms with E-state index in [2.05, 4.69) is 4.98 Å². The molecule has 0 saturated heterocycles. The summed E-state index contributed by atoms with van der Waals surface area (Å²) in [6, 6.07) is 1.63. The summed E-state index contributed by atoms with van der Waals surface area (Å²) in [7, 11) is 1.52. The molecule has 6 heteroatoms. The number of aromatic nitrogens is 1. The van der Waals surface area contributed by atoms with Crippen LogP contribution in [0.4, 0.5) is 14.6 Å². The van der Waals surface area contributed by atoms with Crippen molar-refractivity contribution in [3.8, 4) is 0 Å². The van der Waals surface area contributed by atoms with E-state index < -0.39 is 13.0 Å². The molecule has 1 aromatic heterocycles. The van der Waals surface area contributed by atoms with E-state index in [-0.39, 0.29) is 0 Å². The minimum atomic E-state index is -2.41. The van der Waals surface area contributed by atoms with E-state index in [0.29, 0.717) is 17.4 Å². The van der Waals surface area contributed by atoms with E-state index in [1.807, 2.05) is 0 Å². The molecule has 0 spiro atoms. The molecule has 3 nitrogen and oxygen atoms in total. The van der Waals surface area contributed by atoms with Crippen LogP contribution < -0.4 is 10.6 Å². The molecule has 1 aromatic rings. The van der Waals surface area contributed by atoms with E-state index in [0.717, 1.165) is 5.56 Å². The topological polar surface area (TPSA) is 42.2 Å². The molecule has 0 aliphatic carbocycles. The van der Waals surface area contributed by atoms with Crippen LogP contribution in [-0.4, -0.2) is 25.0 Å². The first-order valence-electron chi connectivity index (χ1n) is 4.38. The zero-order valence-electron chi connectivity index (χ0n) is 8.25. The second kappa shape index (κ2) is 5.23. The van der Waals surface area contributed by atoms with Gasteiger partial charge in [-0.25, -0.2) is 13.8 Å². The standard InChI is InChI=1S/C9H12ClF2N3/c1-15(5-8(11)12)9-7(10)2-6(3-13)4-14-9/h2,4,8H,3,5,13H2,1H3. The van der Waals surface area contributed by atoms with E-state index in [1.165, 1.54) is 18.1 Å². The molecule has 0 radical (unpaired) electrons. The van der Waals surface area contributed by atoms with Crippen LogP contribution in [0.5, 0.6) is 0 Å². The molecule has 0 atom stereocenters. The van der Waals surface area contributed by atoms with Gasteiger partial charge in [-0.05, 0) is 11.6 Å². The number of hydrogen-bond donors (Lipinski definition) is 1. The summed E-state index contributed by atoms with van der Waals surface area (Å²) in [5, 5.41) is 0.334. The zero-order valence-corrected chi connectivity index (χ0v) is 9.01. The Morgan fingerprint density at radius 1 is 1.60 bits per heavy atom. The van der Waals surface area contributed by atoms with E-state index in [9.17, 15) is 8.78 Å². The lowest BCUT2D eigenvalue weighted by atomic mass is 10.3. The lowest BCUT2D eigenvalue weighted by Gasteiger charge is -2.18. The highest BCUT2D eigenvalue weighted by molar-refractivity contribution is 6.33. The minimum absolute atomic E-state index is 0.325. The second-order valence-corrected chi connectivity index (χ2v) is 3.53. The Labute approximate surface area is 91.8 Å². The largest absolute Gasteiger partial charge is 0.353 e. The minimum Gasteiger partial charge on any atom is -0.353 e. The van der Waals surface area contributed by atoms with Gasteiger partial charge in [-0.2, -0.15) is 0 Å². The van der Waals surface area contributed by atoms with Crippen molar-refractivity contribution >= 4 is 17.4 Å². The monoisotopic (exact) mass is 235 g/mol. The maximum absolute atomic E-state index is 12.1. The molecule has 0 aromatic carbocycles. The molecule has 1 heterocycles. The van der Waals surface area contributed by atoms with Crippen molar-refractivity contribution in [2.45, 2.75) is 13.0 Å². The lowest BCUT2D eigenvalue weighted by molar-refractivity contribution is 0.156. The number of pyridine rings is 1. The van der Waals surface area contributed by atoms with Crippen molar-refractivity contribution in [3.05, 3.63) is 22.8 Å². The highest BCUT2D eigenvalue weighted by atomic mass is 35.5. The van der Waals surface area contributed by atoms with Crippen LogP contribution in [0.25, 0.3) is 0 Å². The Morgan fingerprint density at radius 2 is 2.27 bits per heavy atom. The van der Waals surface area contributed by atoms with Crippen molar-refractivity contribution in [2.24, 2.45) is 5.73 Å². The zero-order chi connectivity index (χ0) is 11.4. The first-order chi connectivity index (χ1) is 7.04. The molecule has 0 aliphatic heterocycles. The van der Waals surface area contributed by atoms with Crippen LogP contribution >= 0.6 is 11.6 Å². The van der Waals surface area contributed by atoms with Gasteiger partial charge in [0.05, 0.1) is 11.6 Å². The maximum Gasteiger partial charge on any atom is 0.255 e. The lowest BCUT2D eigenvalue weighted by Crippen LogP contribution is -2.25. The molecule has 0 saturated carbocycles. The van der Waals surface area contributed by atoms with Crippen LogP contribution in [-0.2, 0) is 6.54 Å². The van der Waals surface area contributed by atoms with Crippen molar-refractivity contribution < 1.29 is 8.78 Å². The second-order valence-electron chi connectivity index (χ2n) is 3.12. The number of nitrogens with zero attached hydrogens (tertiary/aromatic N) is 2. The van der Waals surface area contributed by atoms with Gasteiger partial charge in [-0.15, -0.1) is 0 Å².